The number of Topliss-reactive ketones (excluding diaryl/α,β-unsaturated/α-hetero) is 2. The van der Waals surface area contributed by atoms with Gasteiger partial charge in [-0.05, 0) is 27.2 Å². The highest BCUT2D eigenvalue weighted by Gasteiger charge is 2.26. The van der Waals surface area contributed by atoms with Crippen LogP contribution in [0.1, 0.15) is 46.5 Å². The maximum absolute atomic E-state index is 12.2. The van der Waals surface area contributed by atoms with Crippen LogP contribution in [0.4, 0.5) is 0 Å². The number of ketones is 2. The number of hydrogen-bond acceptors (Lipinski definition) is 3. The van der Waals surface area contributed by atoms with Gasteiger partial charge in [-0.25, -0.2) is 0 Å². The molecule has 0 radical (unpaired) electrons. The molecule has 3 nitrogen and oxygen atoms in total. The zero-order chi connectivity index (χ0) is 15.8. The van der Waals surface area contributed by atoms with E-state index in [0.717, 1.165) is 6.42 Å². The summed E-state index contributed by atoms with van der Waals surface area (Å²) in [5.41, 5.74) is 2.11. The number of hydrogen-bond donors (Lipinski definition) is 1. The van der Waals surface area contributed by atoms with Crippen LogP contribution in [0, 0.1) is 23.7 Å². The molecule has 0 amide bonds. The second-order valence-electron chi connectivity index (χ2n) is 4.91. The Morgan fingerprint density at radius 2 is 1.38 bits per heavy atom. The van der Waals surface area contributed by atoms with Crippen molar-refractivity contribution in [2.45, 2.75) is 46.5 Å². The Morgan fingerprint density at radius 3 is 2.00 bits per heavy atom. The van der Waals surface area contributed by atoms with Gasteiger partial charge in [-0.15, -0.1) is 11.8 Å². The van der Waals surface area contributed by atoms with Crippen LogP contribution < -0.4 is 0 Å². The molecule has 0 aromatic rings. The van der Waals surface area contributed by atoms with Crippen LogP contribution >= 0.6 is 0 Å². The Hall–Kier alpha value is -2.10. The van der Waals surface area contributed by atoms with E-state index in [9.17, 15) is 9.59 Å². The van der Waals surface area contributed by atoms with Gasteiger partial charge in [-0.3, -0.25) is 9.59 Å². The lowest BCUT2D eigenvalue weighted by molar-refractivity contribution is -0.116. The summed E-state index contributed by atoms with van der Waals surface area (Å²) < 4.78 is 0. The number of carbonyl (C=O) groups excluding carboxylic acids is 2. The molecule has 0 aromatic heterocycles. The van der Waals surface area contributed by atoms with Crippen molar-refractivity contribution in [3.8, 4) is 23.7 Å². The highest BCUT2D eigenvalue weighted by atomic mass is 16.2. The average molecular weight is 284 g/mol. The van der Waals surface area contributed by atoms with Crippen molar-refractivity contribution in [3.05, 3.63) is 22.3 Å². The maximum atomic E-state index is 12.2. The van der Waals surface area contributed by atoms with Gasteiger partial charge < -0.3 is 5.11 Å². The number of allylic oxidation sites excluding steroid dienone is 4. The summed E-state index contributed by atoms with van der Waals surface area (Å²) in [6.45, 7) is 4.96. The monoisotopic (exact) mass is 284 g/mol. The van der Waals surface area contributed by atoms with Gasteiger partial charge >= 0.3 is 0 Å². The SMILES string of the molecule is CC1=C(C)C(=O)C(CC#CCCCC#CCO)=C(C)C1=O. The Balaban J connectivity index is 2.60. The zero-order valence-corrected chi connectivity index (χ0v) is 12.8. The summed E-state index contributed by atoms with van der Waals surface area (Å²) in [6, 6.07) is 0. The van der Waals surface area contributed by atoms with Gasteiger partial charge in [0, 0.05) is 41.6 Å². The molecule has 21 heavy (non-hydrogen) atoms. The van der Waals surface area contributed by atoms with Crippen LogP contribution in [0.2, 0.25) is 0 Å². The van der Waals surface area contributed by atoms with E-state index in [4.69, 9.17) is 5.11 Å². The largest absolute Gasteiger partial charge is 0.384 e. The minimum atomic E-state index is -0.110. The lowest BCUT2D eigenvalue weighted by atomic mass is 9.85. The first-order valence-corrected chi connectivity index (χ1v) is 6.99. The molecule has 0 saturated heterocycles. The Bertz CT molecular complexity index is 625. The molecular weight excluding hydrogens is 264 g/mol. The van der Waals surface area contributed by atoms with Crippen molar-refractivity contribution in [1.29, 1.82) is 0 Å². The van der Waals surface area contributed by atoms with E-state index in [1.807, 2.05) is 0 Å². The van der Waals surface area contributed by atoms with Crippen LogP contribution in [0.3, 0.4) is 0 Å². The Morgan fingerprint density at radius 1 is 0.810 bits per heavy atom. The van der Waals surface area contributed by atoms with E-state index >= 15 is 0 Å². The van der Waals surface area contributed by atoms with Gasteiger partial charge in [0.15, 0.2) is 11.6 Å². The third-order valence-electron chi connectivity index (χ3n) is 3.51. The predicted molar refractivity (Wildman–Crippen MR) is 82.2 cm³/mol. The molecule has 0 heterocycles. The Kier molecular flexibility index (Phi) is 6.66. The molecule has 0 spiro atoms. The highest BCUT2D eigenvalue weighted by Crippen LogP contribution is 2.25. The first-order chi connectivity index (χ1) is 10.0. The normalized spacial score (nSPS) is 14.7. The lowest BCUT2D eigenvalue weighted by Gasteiger charge is -2.16. The summed E-state index contributed by atoms with van der Waals surface area (Å²) >= 11 is 0. The van der Waals surface area contributed by atoms with E-state index in [1.165, 1.54) is 0 Å². The quantitative estimate of drug-likeness (QED) is 0.492. The van der Waals surface area contributed by atoms with Crippen molar-refractivity contribution in [3.63, 3.8) is 0 Å². The molecule has 0 fully saturated rings. The summed E-state index contributed by atoms with van der Waals surface area (Å²) in [4.78, 5) is 24.1. The van der Waals surface area contributed by atoms with Gasteiger partial charge in [-0.2, -0.15) is 0 Å². The van der Waals surface area contributed by atoms with Crippen LogP contribution in [0.25, 0.3) is 0 Å². The lowest BCUT2D eigenvalue weighted by Crippen LogP contribution is -2.20. The van der Waals surface area contributed by atoms with E-state index in [2.05, 4.69) is 23.7 Å². The van der Waals surface area contributed by atoms with Crippen molar-refractivity contribution >= 4 is 11.6 Å². The minimum absolute atomic E-state index is 0.0526. The van der Waals surface area contributed by atoms with E-state index in [-0.39, 0.29) is 18.2 Å². The standard InChI is InChI=1S/C18H20O3/c1-13-14(2)18(21)16(15(3)17(13)20)11-9-7-5-4-6-8-10-12-19/h19H,4-6,11-12H2,1-3H3. The smallest absolute Gasteiger partial charge is 0.186 e. The third kappa shape index (κ3) is 4.45. The molecule has 1 rings (SSSR count). The fourth-order valence-corrected chi connectivity index (χ4v) is 2.02. The molecule has 1 N–H and O–H groups in total. The van der Waals surface area contributed by atoms with Crippen LogP contribution in [-0.2, 0) is 9.59 Å². The summed E-state index contributed by atoms with van der Waals surface area (Å²) in [5, 5.41) is 8.49. The fourth-order valence-electron chi connectivity index (χ4n) is 2.02. The van der Waals surface area contributed by atoms with Crippen molar-refractivity contribution < 1.29 is 14.7 Å². The average Bonchev–Trinajstić information content (AvgIpc) is 2.49. The van der Waals surface area contributed by atoms with Gasteiger partial charge in [0.1, 0.15) is 6.61 Å². The molecule has 0 bridgehead atoms. The second kappa shape index (κ2) is 8.25. The molecule has 0 saturated carbocycles. The van der Waals surface area contributed by atoms with Crippen molar-refractivity contribution in [2.75, 3.05) is 6.61 Å². The minimum Gasteiger partial charge on any atom is -0.384 e. The summed E-state index contributed by atoms with van der Waals surface area (Å²) in [6.07, 6.45) is 2.56. The molecular formula is C18H20O3. The van der Waals surface area contributed by atoms with Gasteiger partial charge in [0.25, 0.3) is 0 Å². The Labute approximate surface area is 126 Å². The van der Waals surface area contributed by atoms with E-state index in [0.29, 0.717) is 41.6 Å². The topological polar surface area (TPSA) is 54.4 Å². The molecule has 0 aliphatic heterocycles. The van der Waals surface area contributed by atoms with Crippen LogP contribution in [0.5, 0.6) is 0 Å². The second-order valence-corrected chi connectivity index (χ2v) is 4.91. The van der Waals surface area contributed by atoms with Crippen molar-refractivity contribution in [1.82, 2.24) is 0 Å². The molecule has 0 aromatic carbocycles. The highest BCUT2D eigenvalue weighted by molar-refractivity contribution is 6.24. The maximum Gasteiger partial charge on any atom is 0.186 e. The molecule has 1 aliphatic rings. The molecule has 1 aliphatic carbocycles. The number of rotatable bonds is 3. The number of carbonyl (C=O) groups is 2. The summed E-state index contributed by atoms with van der Waals surface area (Å²) in [7, 11) is 0. The first kappa shape index (κ1) is 17.0. The van der Waals surface area contributed by atoms with Crippen molar-refractivity contribution in [2.24, 2.45) is 0 Å². The molecule has 3 heteroatoms. The number of unbranched alkanes of at least 4 members (excludes halogenated alkanes) is 2. The van der Waals surface area contributed by atoms with Crippen LogP contribution in [-0.4, -0.2) is 23.3 Å². The van der Waals surface area contributed by atoms with E-state index < -0.39 is 0 Å². The molecule has 0 unspecified atom stereocenters. The number of aliphatic hydroxyl groups is 1. The fraction of sp³-hybridized carbons (Fsp3) is 0.444. The van der Waals surface area contributed by atoms with E-state index in [1.54, 1.807) is 20.8 Å². The molecule has 0 atom stereocenters. The third-order valence-corrected chi connectivity index (χ3v) is 3.51. The molecule has 110 valence electrons. The van der Waals surface area contributed by atoms with Gasteiger partial charge in [0.2, 0.25) is 0 Å². The van der Waals surface area contributed by atoms with Gasteiger partial charge in [0.05, 0.1) is 0 Å². The predicted octanol–water partition coefficient (Wildman–Crippen LogP) is 2.35. The van der Waals surface area contributed by atoms with Crippen LogP contribution in [0.15, 0.2) is 22.3 Å². The van der Waals surface area contributed by atoms with Gasteiger partial charge in [-0.1, -0.05) is 11.8 Å². The number of aliphatic hydroxyl groups excluding tert-OH is 1. The zero-order valence-electron chi connectivity index (χ0n) is 12.8. The summed E-state index contributed by atoms with van der Waals surface area (Å²) in [5.74, 6) is 11.2. The first-order valence-electron chi connectivity index (χ1n) is 6.99.